The zero-order valence-electron chi connectivity index (χ0n) is 11.3. The summed E-state index contributed by atoms with van der Waals surface area (Å²) in [6.45, 7) is -0.000894. The SMILES string of the molecule is O=C1[C@H]2[C@@H]3C=C[C@](CO)(O3)[C@@H]2C(=O)N1Cc1ccccc1. The first-order valence-corrected chi connectivity index (χ1v) is 7.03. The minimum Gasteiger partial charge on any atom is -0.393 e. The molecule has 2 amide bonds. The predicted octanol–water partition coefficient (Wildman–Crippen LogP) is 0.487. The minimum absolute atomic E-state index is 0.196. The van der Waals surface area contributed by atoms with E-state index in [-0.39, 0.29) is 31.1 Å². The van der Waals surface area contributed by atoms with Gasteiger partial charge >= 0.3 is 0 Å². The van der Waals surface area contributed by atoms with E-state index in [0.717, 1.165) is 5.56 Å². The molecule has 0 unspecified atom stereocenters. The lowest BCUT2D eigenvalue weighted by Crippen LogP contribution is -2.43. The van der Waals surface area contributed by atoms with Gasteiger partial charge in [-0.1, -0.05) is 42.5 Å². The van der Waals surface area contributed by atoms with Crippen molar-refractivity contribution < 1.29 is 19.4 Å². The molecular formula is C16H15NO4. The van der Waals surface area contributed by atoms with Gasteiger partial charge in [-0.05, 0) is 5.56 Å². The average Bonchev–Trinajstić information content (AvgIpc) is 3.15. The molecule has 1 aromatic carbocycles. The Morgan fingerprint density at radius 1 is 1.19 bits per heavy atom. The number of ether oxygens (including phenoxy) is 1. The maximum absolute atomic E-state index is 12.6. The first-order valence-electron chi connectivity index (χ1n) is 7.03. The monoisotopic (exact) mass is 285 g/mol. The van der Waals surface area contributed by atoms with E-state index in [4.69, 9.17) is 4.74 Å². The maximum atomic E-state index is 12.6. The highest BCUT2D eigenvalue weighted by molar-refractivity contribution is 6.07. The van der Waals surface area contributed by atoms with Gasteiger partial charge in [0.2, 0.25) is 11.8 Å². The van der Waals surface area contributed by atoms with Gasteiger partial charge in [0.05, 0.1) is 31.1 Å². The first-order chi connectivity index (χ1) is 10.2. The van der Waals surface area contributed by atoms with Gasteiger partial charge in [0.1, 0.15) is 5.60 Å². The normalized spacial score (nSPS) is 36.6. The highest BCUT2D eigenvalue weighted by atomic mass is 16.5. The number of imide groups is 1. The van der Waals surface area contributed by atoms with Crippen LogP contribution in [0.4, 0.5) is 0 Å². The number of aliphatic hydroxyl groups is 1. The van der Waals surface area contributed by atoms with Crippen molar-refractivity contribution in [1.82, 2.24) is 4.90 Å². The largest absolute Gasteiger partial charge is 0.393 e. The van der Waals surface area contributed by atoms with Crippen molar-refractivity contribution in [3.05, 3.63) is 48.0 Å². The van der Waals surface area contributed by atoms with Crippen LogP contribution in [0.2, 0.25) is 0 Å². The van der Waals surface area contributed by atoms with E-state index in [1.807, 2.05) is 30.3 Å². The van der Waals surface area contributed by atoms with Crippen LogP contribution < -0.4 is 0 Å². The summed E-state index contributed by atoms with van der Waals surface area (Å²) in [7, 11) is 0. The van der Waals surface area contributed by atoms with Crippen LogP contribution in [0.15, 0.2) is 42.5 Å². The molecule has 2 bridgehead atoms. The van der Waals surface area contributed by atoms with E-state index >= 15 is 0 Å². The molecular weight excluding hydrogens is 270 g/mol. The highest BCUT2D eigenvalue weighted by Gasteiger charge is 2.67. The average molecular weight is 285 g/mol. The Hall–Kier alpha value is -1.98. The number of carbonyl (C=O) groups excluding carboxylic acids is 2. The second-order valence-electron chi connectivity index (χ2n) is 5.81. The van der Waals surface area contributed by atoms with Crippen molar-refractivity contribution >= 4 is 11.8 Å². The fraction of sp³-hybridized carbons (Fsp3) is 0.375. The lowest BCUT2D eigenvalue weighted by molar-refractivity contribution is -0.146. The lowest BCUT2D eigenvalue weighted by Gasteiger charge is -2.26. The Balaban J connectivity index is 1.66. The summed E-state index contributed by atoms with van der Waals surface area (Å²) in [5.74, 6) is -1.51. The fourth-order valence-corrected chi connectivity index (χ4v) is 3.67. The van der Waals surface area contributed by atoms with Gasteiger partial charge in [0, 0.05) is 0 Å². The van der Waals surface area contributed by atoms with Crippen molar-refractivity contribution in [2.75, 3.05) is 6.61 Å². The zero-order chi connectivity index (χ0) is 14.6. The summed E-state index contributed by atoms with van der Waals surface area (Å²) in [5.41, 5.74) is -0.0912. The Morgan fingerprint density at radius 3 is 2.67 bits per heavy atom. The Morgan fingerprint density at radius 2 is 1.95 bits per heavy atom. The molecule has 2 saturated heterocycles. The zero-order valence-corrected chi connectivity index (χ0v) is 11.3. The second kappa shape index (κ2) is 4.26. The van der Waals surface area contributed by atoms with E-state index in [2.05, 4.69) is 0 Å². The number of fused-ring (bicyclic) bond motifs is 5. The van der Waals surface area contributed by atoms with Crippen LogP contribution in [-0.2, 0) is 20.9 Å². The molecule has 3 aliphatic rings. The van der Waals surface area contributed by atoms with E-state index in [1.54, 1.807) is 12.2 Å². The fourth-order valence-electron chi connectivity index (χ4n) is 3.67. The number of rotatable bonds is 3. The van der Waals surface area contributed by atoms with Crippen molar-refractivity contribution in [3.8, 4) is 0 Å². The number of aliphatic hydroxyl groups excluding tert-OH is 1. The molecule has 4 atom stereocenters. The molecule has 0 aromatic heterocycles. The van der Waals surface area contributed by atoms with Crippen LogP contribution >= 0.6 is 0 Å². The van der Waals surface area contributed by atoms with Gasteiger partial charge < -0.3 is 9.84 Å². The number of hydrogen-bond donors (Lipinski definition) is 1. The van der Waals surface area contributed by atoms with Crippen LogP contribution in [0.5, 0.6) is 0 Å². The number of carbonyl (C=O) groups is 2. The van der Waals surface area contributed by atoms with Gasteiger partial charge in [-0.3, -0.25) is 14.5 Å². The van der Waals surface area contributed by atoms with Gasteiger partial charge in [0.25, 0.3) is 0 Å². The number of nitrogens with zero attached hydrogens (tertiary/aromatic N) is 1. The van der Waals surface area contributed by atoms with Crippen LogP contribution in [0.3, 0.4) is 0 Å². The van der Waals surface area contributed by atoms with Crippen molar-refractivity contribution in [2.45, 2.75) is 18.2 Å². The molecule has 1 aromatic rings. The molecule has 3 heterocycles. The van der Waals surface area contributed by atoms with Gasteiger partial charge in [0.15, 0.2) is 0 Å². The summed E-state index contributed by atoms with van der Waals surface area (Å²) in [4.78, 5) is 26.5. The van der Waals surface area contributed by atoms with Crippen LogP contribution in [0.1, 0.15) is 5.56 Å². The second-order valence-corrected chi connectivity index (χ2v) is 5.81. The Kier molecular flexibility index (Phi) is 2.58. The number of hydrogen-bond acceptors (Lipinski definition) is 4. The first kappa shape index (κ1) is 12.7. The van der Waals surface area contributed by atoms with Crippen molar-refractivity contribution in [2.24, 2.45) is 11.8 Å². The number of benzene rings is 1. The molecule has 5 nitrogen and oxygen atoms in total. The van der Waals surface area contributed by atoms with E-state index < -0.39 is 17.4 Å². The third kappa shape index (κ3) is 1.58. The standard InChI is InChI=1S/C16H15NO4/c18-9-16-7-6-11(21-16)12-13(16)15(20)17(14(12)19)8-10-4-2-1-3-5-10/h1-7,11-13,18H,8-9H2/t11-,12-,13-,16+/m0/s1. The quantitative estimate of drug-likeness (QED) is 0.648. The molecule has 0 saturated carbocycles. The van der Waals surface area contributed by atoms with Crippen LogP contribution in [-0.4, -0.2) is 40.1 Å². The Labute approximate surface area is 121 Å². The third-order valence-electron chi connectivity index (χ3n) is 4.68. The molecule has 0 aliphatic carbocycles. The van der Waals surface area contributed by atoms with Gasteiger partial charge in [-0.15, -0.1) is 0 Å². The molecule has 5 heteroatoms. The molecule has 3 aliphatic heterocycles. The predicted molar refractivity (Wildman–Crippen MR) is 72.8 cm³/mol. The molecule has 4 rings (SSSR count). The molecule has 21 heavy (non-hydrogen) atoms. The van der Waals surface area contributed by atoms with Crippen molar-refractivity contribution in [1.29, 1.82) is 0 Å². The molecule has 0 radical (unpaired) electrons. The van der Waals surface area contributed by atoms with Gasteiger partial charge in [-0.2, -0.15) is 0 Å². The third-order valence-corrected chi connectivity index (χ3v) is 4.68. The maximum Gasteiger partial charge on any atom is 0.236 e. The summed E-state index contributed by atoms with van der Waals surface area (Å²) in [6, 6.07) is 9.43. The lowest BCUT2D eigenvalue weighted by atomic mass is 9.77. The number of amides is 2. The smallest absolute Gasteiger partial charge is 0.236 e. The topological polar surface area (TPSA) is 66.8 Å². The highest BCUT2D eigenvalue weighted by Crippen LogP contribution is 2.51. The van der Waals surface area contributed by atoms with Crippen LogP contribution in [0.25, 0.3) is 0 Å². The number of likely N-dealkylation sites (tertiary alicyclic amines) is 1. The van der Waals surface area contributed by atoms with E-state index in [9.17, 15) is 14.7 Å². The van der Waals surface area contributed by atoms with E-state index in [0.29, 0.717) is 0 Å². The summed E-state index contributed by atoms with van der Waals surface area (Å²) >= 11 is 0. The van der Waals surface area contributed by atoms with Gasteiger partial charge in [-0.25, -0.2) is 0 Å². The molecule has 1 N–H and O–H groups in total. The minimum atomic E-state index is -1.01. The summed E-state index contributed by atoms with van der Waals surface area (Å²) in [6.07, 6.45) is 3.13. The van der Waals surface area contributed by atoms with Crippen molar-refractivity contribution in [3.63, 3.8) is 0 Å². The Bertz CT molecular complexity index is 641. The summed E-state index contributed by atoms with van der Waals surface area (Å²) in [5, 5.41) is 9.61. The molecule has 2 fully saturated rings. The van der Waals surface area contributed by atoms with E-state index in [1.165, 1.54) is 4.90 Å². The molecule has 0 spiro atoms. The summed E-state index contributed by atoms with van der Waals surface area (Å²) < 4.78 is 5.69. The molecule has 108 valence electrons. The van der Waals surface area contributed by atoms with Crippen LogP contribution in [0, 0.1) is 11.8 Å².